The number of rotatable bonds is 6. The first kappa shape index (κ1) is 16.7. The lowest BCUT2D eigenvalue weighted by Crippen LogP contribution is -2.30. The fraction of sp³-hybridized carbons (Fsp3) is 0.250. The Hall–Kier alpha value is -2.19. The van der Waals surface area contributed by atoms with Crippen LogP contribution in [0.2, 0.25) is 0 Å². The molecule has 0 bridgehead atoms. The molecule has 0 saturated carbocycles. The van der Waals surface area contributed by atoms with Crippen molar-refractivity contribution in [2.75, 3.05) is 0 Å². The Morgan fingerprint density at radius 3 is 2.83 bits per heavy atom. The molecule has 0 unspecified atom stereocenters. The van der Waals surface area contributed by atoms with Crippen LogP contribution in [0.25, 0.3) is 5.69 Å². The van der Waals surface area contributed by atoms with Crippen LogP contribution in [0.3, 0.4) is 0 Å². The van der Waals surface area contributed by atoms with Crippen LogP contribution in [0.5, 0.6) is 0 Å². The number of thiophene rings is 1. The van der Waals surface area contributed by atoms with Gasteiger partial charge in [-0.3, -0.25) is 4.79 Å². The first-order chi connectivity index (χ1) is 11.6. The van der Waals surface area contributed by atoms with Gasteiger partial charge in [0.05, 0.1) is 17.5 Å². The Kier molecular flexibility index (Phi) is 5.27. The van der Waals surface area contributed by atoms with E-state index >= 15 is 0 Å². The molecule has 2 heterocycles. The molecule has 1 N–H and O–H groups in total. The summed E-state index contributed by atoms with van der Waals surface area (Å²) < 4.78 is 1.65. The van der Waals surface area contributed by atoms with Gasteiger partial charge in [-0.05, 0) is 47.9 Å². The highest BCUT2D eigenvalue weighted by molar-refractivity contribution is 8.00. The number of carbonyl (C=O) groups is 1. The molecule has 0 aliphatic rings. The number of benzene rings is 1. The first-order valence-electron chi connectivity index (χ1n) is 7.45. The zero-order valence-electron chi connectivity index (χ0n) is 13.3. The van der Waals surface area contributed by atoms with Gasteiger partial charge in [0.1, 0.15) is 0 Å². The first-order valence-corrected chi connectivity index (χ1v) is 9.21. The highest BCUT2D eigenvalue weighted by Gasteiger charge is 2.19. The van der Waals surface area contributed by atoms with Crippen LogP contribution in [0.15, 0.2) is 46.9 Å². The second kappa shape index (κ2) is 7.59. The number of tetrazole rings is 1. The van der Waals surface area contributed by atoms with Crippen molar-refractivity contribution in [2.45, 2.75) is 30.8 Å². The van der Waals surface area contributed by atoms with Crippen LogP contribution in [0.1, 0.15) is 17.4 Å². The predicted octanol–water partition coefficient (Wildman–Crippen LogP) is 2.83. The number of nitrogens with zero attached hydrogens (tertiary/aromatic N) is 4. The highest BCUT2D eigenvalue weighted by Crippen LogP contribution is 2.23. The summed E-state index contributed by atoms with van der Waals surface area (Å²) in [6.45, 7) is 4.42. The monoisotopic (exact) mass is 359 g/mol. The highest BCUT2D eigenvalue weighted by atomic mass is 32.2. The second-order valence-corrected chi connectivity index (χ2v) is 7.61. The summed E-state index contributed by atoms with van der Waals surface area (Å²) in [5, 5.41) is 17.0. The third-order valence-corrected chi connectivity index (χ3v) is 5.30. The van der Waals surface area contributed by atoms with Crippen LogP contribution < -0.4 is 5.32 Å². The molecule has 1 aromatic carbocycles. The van der Waals surface area contributed by atoms with E-state index < -0.39 is 0 Å². The van der Waals surface area contributed by atoms with E-state index in [0.29, 0.717) is 11.7 Å². The maximum atomic E-state index is 12.3. The van der Waals surface area contributed by atoms with Gasteiger partial charge in [-0.15, -0.1) is 16.4 Å². The van der Waals surface area contributed by atoms with Gasteiger partial charge in [-0.2, -0.15) is 4.68 Å². The summed E-state index contributed by atoms with van der Waals surface area (Å²) in [5.74, 6) is -0.0353. The number of aromatic nitrogens is 4. The largest absolute Gasteiger partial charge is 0.350 e. The van der Waals surface area contributed by atoms with Crippen LogP contribution in [-0.4, -0.2) is 31.4 Å². The van der Waals surface area contributed by atoms with E-state index in [1.54, 1.807) is 16.0 Å². The molecular weight excluding hydrogens is 342 g/mol. The van der Waals surface area contributed by atoms with Crippen LogP contribution >= 0.6 is 23.1 Å². The molecule has 0 saturated heterocycles. The van der Waals surface area contributed by atoms with E-state index in [0.717, 1.165) is 10.6 Å². The van der Waals surface area contributed by atoms with Gasteiger partial charge in [0.2, 0.25) is 11.1 Å². The number of hydrogen-bond acceptors (Lipinski definition) is 6. The van der Waals surface area contributed by atoms with Crippen molar-refractivity contribution in [3.05, 3.63) is 52.2 Å². The summed E-state index contributed by atoms with van der Waals surface area (Å²) in [6.07, 6.45) is 0. The van der Waals surface area contributed by atoms with E-state index in [4.69, 9.17) is 0 Å². The van der Waals surface area contributed by atoms with Gasteiger partial charge in [0, 0.05) is 4.88 Å². The van der Waals surface area contributed by atoms with E-state index in [1.165, 1.54) is 17.3 Å². The Balaban J connectivity index is 1.64. The number of carbonyl (C=O) groups excluding carboxylic acids is 1. The van der Waals surface area contributed by atoms with Gasteiger partial charge >= 0.3 is 0 Å². The SMILES string of the molecule is Cc1ccc(-n2nnnc2S[C@@H](C)C(=O)NCc2cccs2)cc1. The summed E-state index contributed by atoms with van der Waals surface area (Å²) in [6, 6.07) is 11.9. The molecule has 1 atom stereocenters. The second-order valence-electron chi connectivity index (χ2n) is 5.27. The number of thioether (sulfide) groups is 1. The molecule has 8 heteroatoms. The molecule has 0 spiro atoms. The Morgan fingerprint density at radius 1 is 1.33 bits per heavy atom. The van der Waals surface area contributed by atoms with Gasteiger partial charge < -0.3 is 5.32 Å². The summed E-state index contributed by atoms with van der Waals surface area (Å²) in [7, 11) is 0. The van der Waals surface area contributed by atoms with Crippen LogP contribution in [0, 0.1) is 6.92 Å². The van der Waals surface area contributed by atoms with Crippen molar-refractivity contribution in [1.82, 2.24) is 25.5 Å². The normalized spacial score (nSPS) is 12.1. The number of aryl methyl sites for hydroxylation is 1. The molecule has 0 radical (unpaired) electrons. The van der Waals surface area contributed by atoms with Gasteiger partial charge in [0.15, 0.2) is 0 Å². The van der Waals surface area contributed by atoms with Crippen molar-refractivity contribution < 1.29 is 4.79 Å². The number of amides is 1. The van der Waals surface area contributed by atoms with E-state index in [2.05, 4.69) is 20.8 Å². The van der Waals surface area contributed by atoms with Crippen LogP contribution in [0.4, 0.5) is 0 Å². The molecule has 3 aromatic rings. The molecule has 24 heavy (non-hydrogen) atoms. The van der Waals surface area contributed by atoms with Gasteiger partial charge in [-0.1, -0.05) is 35.5 Å². The molecule has 0 aliphatic heterocycles. The smallest absolute Gasteiger partial charge is 0.233 e. The lowest BCUT2D eigenvalue weighted by molar-refractivity contribution is -0.120. The predicted molar refractivity (Wildman–Crippen MR) is 95.4 cm³/mol. The Labute approximate surface area is 148 Å². The van der Waals surface area contributed by atoms with E-state index in [-0.39, 0.29) is 11.2 Å². The van der Waals surface area contributed by atoms with Crippen molar-refractivity contribution in [1.29, 1.82) is 0 Å². The average Bonchev–Trinajstić information content (AvgIpc) is 3.25. The topological polar surface area (TPSA) is 72.7 Å². The quantitative estimate of drug-likeness (QED) is 0.685. The van der Waals surface area contributed by atoms with Crippen molar-refractivity contribution >= 4 is 29.0 Å². The van der Waals surface area contributed by atoms with Crippen molar-refractivity contribution in [3.63, 3.8) is 0 Å². The molecular formula is C16H17N5OS2. The molecule has 124 valence electrons. The van der Waals surface area contributed by atoms with Crippen molar-refractivity contribution in [3.8, 4) is 5.69 Å². The lowest BCUT2D eigenvalue weighted by atomic mass is 10.2. The Morgan fingerprint density at radius 2 is 2.12 bits per heavy atom. The zero-order chi connectivity index (χ0) is 16.9. The summed E-state index contributed by atoms with van der Waals surface area (Å²) >= 11 is 2.96. The standard InChI is InChI=1S/C16H17N5OS2/c1-11-5-7-13(8-6-11)21-16(18-19-20-21)24-12(2)15(22)17-10-14-4-3-9-23-14/h3-9,12H,10H2,1-2H3,(H,17,22)/t12-/m0/s1. The maximum absolute atomic E-state index is 12.3. The minimum atomic E-state index is -0.292. The van der Waals surface area contributed by atoms with E-state index in [9.17, 15) is 4.79 Å². The lowest BCUT2D eigenvalue weighted by Gasteiger charge is -2.11. The number of nitrogens with one attached hydrogen (secondary N) is 1. The Bertz CT molecular complexity index is 798. The van der Waals surface area contributed by atoms with Gasteiger partial charge in [-0.25, -0.2) is 0 Å². The maximum Gasteiger partial charge on any atom is 0.233 e. The molecule has 2 aromatic heterocycles. The summed E-state index contributed by atoms with van der Waals surface area (Å²) in [5.41, 5.74) is 2.04. The average molecular weight is 359 g/mol. The molecule has 6 nitrogen and oxygen atoms in total. The number of hydrogen-bond donors (Lipinski definition) is 1. The molecule has 0 fully saturated rings. The molecule has 3 rings (SSSR count). The fourth-order valence-electron chi connectivity index (χ4n) is 2.04. The summed E-state index contributed by atoms with van der Waals surface area (Å²) in [4.78, 5) is 13.4. The van der Waals surface area contributed by atoms with E-state index in [1.807, 2.05) is 55.6 Å². The van der Waals surface area contributed by atoms with Gasteiger partial charge in [0.25, 0.3) is 0 Å². The zero-order valence-corrected chi connectivity index (χ0v) is 15.0. The van der Waals surface area contributed by atoms with Crippen molar-refractivity contribution in [2.24, 2.45) is 0 Å². The molecule has 0 aliphatic carbocycles. The third-order valence-electron chi connectivity index (χ3n) is 3.39. The minimum Gasteiger partial charge on any atom is -0.350 e. The van der Waals surface area contributed by atoms with Crippen LogP contribution in [-0.2, 0) is 11.3 Å². The third kappa shape index (κ3) is 4.01. The molecule has 1 amide bonds. The fourth-order valence-corrected chi connectivity index (χ4v) is 3.52. The minimum absolute atomic E-state index is 0.0353.